The Morgan fingerprint density at radius 1 is 1.33 bits per heavy atom. The number of likely N-dealkylation sites (N-methyl/N-ethyl adjacent to an activating group) is 1. The third-order valence-corrected chi connectivity index (χ3v) is 1.73. The molecule has 0 saturated heterocycles. The van der Waals surface area contributed by atoms with Crippen LogP contribution in [0, 0.1) is 0 Å². The SMILES string of the molecule is CCNc1cc(NCC(=O)NC)ncn1. The summed E-state index contributed by atoms with van der Waals surface area (Å²) in [7, 11) is 1.59. The van der Waals surface area contributed by atoms with Gasteiger partial charge in [-0.1, -0.05) is 0 Å². The molecule has 0 unspecified atom stereocenters. The highest BCUT2D eigenvalue weighted by Crippen LogP contribution is 2.07. The van der Waals surface area contributed by atoms with Crippen LogP contribution < -0.4 is 16.0 Å². The third kappa shape index (κ3) is 3.80. The molecule has 0 radical (unpaired) electrons. The van der Waals surface area contributed by atoms with Crippen LogP contribution in [0.15, 0.2) is 12.4 Å². The molecule has 0 bridgehead atoms. The van der Waals surface area contributed by atoms with E-state index in [-0.39, 0.29) is 12.5 Å². The number of carbonyl (C=O) groups excluding carboxylic acids is 1. The van der Waals surface area contributed by atoms with Crippen LogP contribution in [0.4, 0.5) is 11.6 Å². The topological polar surface area (TPSA) is 78.9 Å². The van der Waals surface area contributed by atoms with Crippen molar-refractivity contribution >= 4 is 17.5 Å². The number of hydrogen-bond donors (Lipinski definition) is 3. The quantitative estimate of drug-likeness (QED) is 0.639. The van der Waals surface area contributed by atoms with E-state index in [2.05, 4.69) is 25.9 Å². The first-order valence-electron chi connectivity index (χ1n) is 4.76. The first kappa shape index (κ1) is 11.2. The zero-order valence-electron chi connectivity index (χ0n) is 8.87. The van der Waals surface area contributed by atoms with Gasteiger partial charge in [-0.15, -0.1) is 0 Å². The van der Waals surface area contributed by atoms with Crippen molar-refractivity contribution in [2.45, 2.75) is 6.92 Å². The maximum atomic E-state index is 11.0. The van der Waals surface area contributed by atoms with Crippen LogP contribution in [0.1, 0.15) is 6.92 Å². The highest BCUT2D eigenvalue weighted by molar-refractivity contribution is 5.80. The molecule has 1 rings (SSSR count). The van der Waals surface area contributed by atoms with Gasteiger partial charge in [-0.05, 0) is 6.92 Å². The van der Waals surface area contributed by atoms with E-state index in [1.54, 1.807) is 13.1 Å². The lowest BCUT2D eigenvalue weighted by Gasteiger charge is -2.06. The average molecular weight is 209 g/mol. The number of aromatic nitrogens is 2. The number of anilines is 2. The molecule has 0 aliphatic heterocycles. The van der Waals surface area contributed by atoms with Crippen molar-refractivity contribution in [2.75, 3.05) is 30.8 Å². The van der Waals surface area contributed by atoms with E-state index in [1.807, 2.05) is 6.92 Å². The summed E-state index contributed by atoms with van der Waals surface area (Å²) in [5, 5.41) is 8.46. The van der Waals surface area contributed by atoms with Gasteiger partial charge in [0, 0.05) is 19.7 Å². The first-order chi connectivity index (χ1) is 7.26. The van der Waals surface area contributed by atoms with Gasteiger partial charge in [0.15, 0.2) is 0 Å². The van der Waals surface area contributed by atoms with Gasteiger partial charge in [-0.2, -0.15) is 0 Å². The monoisotopic (exact) mass is 209 g/mol. The van der Waals surface area contributed by atoms with E-state index in [1.165, 1.54) is 6.33 Å². The molecule has 0 fully saturated rings. The summed E-state index contributed by atoms with van der Waals surface area (Å²) in [5.74, 6) is 1.29. The largest absolute Gasteiger partial charge is 0.370 e. The molecule has 1 aromatic heterocycles. The molecular weight excluding hydrogens is 194 g/mol. The molecule has 1 heterocycles. The van der Waals surface area contributed by atoms with E-state index < -0.39 is 0 Å². The minimum atomic E-state index is -0.0846. The number of hydrogen-bond acceptors (Lipinski definition) is 5. The van der Waals surface area contributed by atoms with Crippen LogP contribution in [0.3, 0.4) is 0 Å². The molecule has 15 heavy (non-hydrogen) atoms. The van der Waals surface area contributed by atoms with Crippen LogP contribution in [0.2, 0.25) is 0 Å². The first-order valence-corrected chi connectivity index (χ1v) is 4.76. The molecule has 0 spiro atoms. The number of rotatable bonds is 5. The van der Waals surface area contributed by atoms with Crippen molar-refractivity contribution in [2.24, 2.45) is 0 Å². The molecule has 82 valence electrons. The third-order valence-electron chi connectivity index (χ3n) is 1.73. The zero-order valence-corrected chi connectivity index (χ0v) is 8.87. The lowest BCUT2D eigenvalue weighted by molar-refractivity contribution is -0.118. The molecule has 0 aliphatic rings. The van der Waals surface area contributed by atoms with Crippen molar-refractivity contribution in [3.8, 4) is 0 Å². The fraction of sp³-hybridized carbons (Fsp3) is 0.444. The summed E-state index contributed by atoms with van der Waals surface area (Å²) in [5.41, 5.74) is 0. The van der Waals surface area contributed by atoms with Gasteiger partial charge in [-0.25, -0.2) is 9.97 Å². The Morgan fingerprint density at radius 3 is 2.60 bits per heavy atom. The molecule has 0 aliphatic carbocycles. The second-order valence-electron chi connectivity index (χ2n) is 2.85. The Labute approximate surface area is 88.5 Å². The summed E-state index contributed by atoms with van der Waals surface area (Å²) in [6.07, 6.45) is 1.45. The smallest absolute Gasteiger partial charge is 0.239 e. The molecular formula is C9H15N5O. The molecule has 0 atom stereocenters. The van der Waals surface area contributed by atoms with Crippen molar-refractivity contribution in [3.63, 3.8) is 0 Å². The van der Waals surface area contributed by atoms with E-state index >= 15 is 0 Å². The van der Waals surface area contributed by atoms with Crippen molar-refractivity contribution in [3.05, 3.63) is 12.4 Å². The fourth-order valence-corrected chi connectivity index (χ4v) is 0.991. The summed E-state index contributed by atoms with van der Waals surface area (Å²) in [4.78, 5) is 19.0. The highest BCUT2D eigenvalue weighted by atomic mass is 16.1. The number of amides is 1. The Balaban J connectivity index is 2.53. The van der Waals surface area contributed by atoms with Crippen LogP contribution >= 0.6 is 0 Å². The van der Waals surface area contributed by atoms with E-state index in [9.17, 15) is 4.79 Å². The van der Waals surface area contributed by atoms with E-state index in [0.717, 1.165) is 12.4 Å². The Bertz CT molecular complexity index is 328. The maximum absolute atomic E-state index is 11.0. The summed E-state index contributed by atoms with van der Waals surface area (Å²) < 4.78 is 0. The lowest BCUT2D eigenvalue weighted by atomic mass is 10.5. The van der Waals surface area contributed by atoms with Crippen LogP contribution in [0.5, 0.6) is 0 Å². The molecule has 6 heteroatoms. The summed E-state index contributed by atoms with van der Waals surface area (Å²) in [6.45, 7) is 2.99. The number of carbonyl (C=O) groups is 1. The minimum absolute atomic E-state index is 0.0846. The Kier molecular flexibility index (Phi) is 4.33. The molecule has 0 saturated carbocycles. The van der Waals surface area contributed by atoms with Crippen molar-refractivity contribution < 1.29 is 4.79 Å². The van der Waals surface area contributed by atoms with Gasteiger partial charge >= 0.3 is 0 Å². The lowest BCUT2D eigenvalue weighted by Crippen LogP contribution is -2.26. The highest BCUT2D eigenvalue weighted by Gasteiger charge is 2.00. The van der Waals surface area contributed by atoms with Crippen molar-refractivity contribution in [1.82, 2.24) is 15.3 Å². The molecule has 3 N–H and O–H groups in total. The predicted molar refractivity (Wildman–Crippen MR) is 58.8 cm³/mol. The standard InChI is InChI=1S/C9H15N5O/c1-3-11-7-4-8(14-6-13-7)12-5-9(15)10-2/h4,6H,3,5H2,1-2H3,(H,10,15)(H2,11,12,13,14). The van der Waals surface area contributed by atoms with Gasteiger partial charge in [0.2, 0.25) is 5.91 Å². The molecule has 0 aromatic carbocycles. The average Bonchev–Trinajstić information content (AvgIpc) is 2.27. The summed E-state index contributed by atoms with van der Waals surface area (Å²) >= 11 is 0. The summed E-state index contributed by atoms with van der Waals surface area (Å²) in [6, 6.07) is 1.76. The van der Waals surface area contributed by atoms with Crippen molar-refractivity contribution in [1.29, 1.82) is 0 Å². The van der Waals surface area contributed by atoms with Gasteiger partial charge in [-0.3, -0.25) is 4.79 Å². The maximum Gasteiger partial charge on any atom is 0.239 e. The molecule has 1 aromatic rings. The van der Waals surface area contributed by atoms with Gasteiger partial charge in [0.05, 0.1) is 6.54 Å². The number of nitrogens with zero attached hydrogens (tertiary/aromatic N) is 2. The van der Waals surface area contributed by atoms with Gasteiger partial charge < -0.3 is 16.0 Å². The second kappa shape index (κ2) is 5.79. The van der Waals surface area contributed by atoms with E-state index in [4.69, 9.17) is 0 Å². The van der Waals surface area contributed by atoms with Gasteiger partial charge in [0.25, 0.3) is 0 Å². The van der Waals surface area contributed by atoms with Crippen LogP contribution in [0.25, 0.3) is 0 Å². The molecule has 1 amide bonds. The molecule has 6 nitrogen and oxygen atoms in total. The van der Waals surface area contributed by atoms with Crippen LogP contribution in [-0.4, -0.2) is 36.0 Å². The minimum Gasteiger partial charge on any atom is -0.370 e. The zero-order chi connectivity index (χ0) is 11.1. The second-order valence-corrected chi connectivity index (χ2v) is 2.85. The van der Waals surface area contributed by atoms with E-state index in [0.29, 0.717) is 5.82 Å². The Hall–Kier alpha value is -1.85. The predicted octanol–water partition coefficient (Wildman–Crippen LogP) is 0.0663. The normalized spacial score (nSPS) is 9.47. The number of nitrogens with one attached hydrogen (secondary N) is 3. The van der Waals surface area contributed by atoms with Crippen LogP contribution in [-0.2, 0) is 4.79 Å². The fourth-order valence-electron chi connectivity index (χ4n) is 0.991. The van der Waals surface area contributed by atoms with Gasteiger partial charge in [0.1, 0.15) is 18.0 Å². The Morgan fingerprint density at radius 2 is 2.00 bits per heavy atom.